The quantitative estimate of drug-likeness (QED) is 0.709. The highest BCUT2D eigenvalue weighted by molar-refractivity contribution is 7.98. The average Bonchev–Trinajstić information content (AvgIpc) is 2.02. The third-order valence-electron chi connectivity index (χ3n) is 1.32. The normalized spacial score (nSPS) is 11.4. The highest BCUT2D eigenvalue weighted by Gasteiger charge is 2.37. The largest absolute Gasteiger partial charge is 0.471 e. The van der Waals surface area contributed by atoms with Crippen LogP contribution in [0.2, 0.25) is 0 Å². The van der Waals surface area contributed by atoms with Crippen molar-refractivity contribution in [3.05, 3.63) is 0 Å². The van der Waals surface area contributed by atoms with Gasteiger partial charge in [-0.05, 0) is 24.9 Å². The summed E-state index contributed by atoms with van der Waals surface area (Å²) in [7, 11) is 0. The molecule has 0 fully saturated rings. The second-order valence-corrected chi connectivity index (χ2v) is 3.44. The average molecular weight is 215 g/mol. The fraction of sp³-hybridized carbons (Fsp3) is 0.857. The van der Waals surface area contributed by atoms with E-state index in [-0.39, 0.29) is 6.54 Å². The summed E-state index contributed by atoms with van der Waals surface area (Å²) in [5.41, 5.74) is 0. The number of alkyl halides is 3. The van der Waals surface area contributed by atoms with E-state index < -0.39 is 12.1 Å². The fourth-order valence-electron chi connectivity index (χ4n) is 0.674. The van der Waals surface area contributed by atoms with Crippen molar-refractivity contribution in [2.24, 2.45) is 0 Å². The van der Waals surface area contributed by atoms with Crippen LogP contribution in [-0.2, 0) is 4.79 Å². The first-order valence-electron chi connectivity index (χ1n) is 3.82. The SMILES string of the molecule is CSCCCCNC(=O)C(F)(F)F. The van der Waals surface area contributed by atoms with Gasteiger partial charge in [0.25, 0.3) is 0 Å². The number of hydrogen-bond acceptors (Lipinski definition) is 2. The Balaban J connectivity index is 3.38. The van der Waals surface area contributed by atoms with E-state index in [1.165, 1.54) is 0 Å². The molecule has 0 unspecified atom stereocenters. The molecule has 0 bridgehead atoms. The van der Waals surface area contributed by atoms with Gasteiger partial charge < -0.3 is 5.32 Å². The number of rotatable bonds is 5. The number of thioether (sulfide) groups is 1. The van der Waals surface area contributed by atoms with Crippen LogP contribution >= 0.6 is 11.8 Å². The van der Waals surface area contributed by atoms with E-state index in [2.05, 4.69) is 0 Å². The van der Waals surface area contributed by atoms with Gasteiger partial charge in [0.1, 0.15) is 0 Å². The first-order chi connectivity index (χ1) is 5.98. The van der Waals surface area contributed by atoms with Crippen molar-refractivity contribution in [3.8, 4) is 0 Å². The Hall–Kier alpha value is -0.390. The lowest BCUT2D eigenvalue weighted by Crippen LogP contribution is -2.37. The molecule has 0 radical (unpaired) electrons. The second kappa shape index (κ2) is 6.12. The van der Waals surface area contributed by atoms with Crippen LogP contribution < -0.4 is 5.32 Å². The molecule has 0 saturated heterocycles. The van der Waals surface area contributed by atoms with Crippen molar-refractivity contribution in [2.75, 3.05) is 18.6 Å². The zero-order valence-electron chi connectivity index (χ0n) is 7.28. The maximum atomic E-state index is 11.6. The molecule has 0 spiro atoms. The number of amides is 1. The number of carbonyl (C=O) groups excluding carboxylic acids is 1. The molecule has 0 atom stereocenters. The molecule has 13 heavy (non-hydrogen) atoms. The predicted octanol–water partition coefficient (Wildman–Crippen LogP) is 1.81. The van der Waals surface area contributed by atoms with E-state index in [0.717, 1.165) is 12.2 Å². The summed E-state index contributed by atoms with van der Waals surface area (Å²) < 4.78 is 34.8. The van der Waals surface area contributed by atoms with Crippen molar-refractivity contribution in [3.63, 3.8) is 0 Å². The Morgan fingerprint density at radius 3 is 2.46 bits per heavy atom. The van der Waals surface area contributed by atoms with E-state index in [1.807, 2.05) is 11.6 Å². The van der Waals surface area contributed by atoms with Crippen molar-refractivity contribution >= 4 is 17.7 Å². The summed E-state index contributed by atoms with van der Waals surface area (Å²) >= 11 is 1.63. The summed E-state index contributed by atoms with van der Waals surface area (Å²) in [5, 5.41) is 1.81. The van der Waals surface area contributed by atoms with Gasteiger partial charge in [-0.15, -0.1) is 0 Å². The van der Waals surface area contributed by atoms with Crippen LogP contribution in [0.1, 0.15) is 12.8 Å². The first kappa shape index (κ1) is 12.6. The summed E-state index contributed by atoms with van der Waals surface area (Å²) in [6.45, 7) is 0.0961. The van der Waals surface area contributed by atoms with Crippen LogP contribution in [-0.4, -0.2) is 30.6 Å². The lowest BCUT2D eigenvalue weighted by Gasteiger charge is -2.06. The fourth-order valence-corrected chi connectivity index (χ4v) is 1.17. The van der Waals surface area contributed by atoms with E-state index in [0.29, 0.717) is 6.42 Å². The smallest absolute Gasteiger partial charge is 0.348 e. The Bertz CT molecular complexity index is 160. The van der Waals surface area contributed by atoms with Gasteiger partial charge in [0.05, 0.1) is 0 Å². The molecule has 0 aliphatic heterocycles. The van der Waals surface area contributed by atoms with E-state index in [1.54, 1.807) is 11.8 Å². The Morgan fingerprint density at radius 1 is 1.38 bits per heavy atom. The Morgan fingerprint density at radius 2 is 2.00 bits per heavy atom. The molecule has 0 rings (SSSR count). The molecule has 6 heteroatoms. The maximum absolute atomic E-state index is 11.6. The van der Waals surface area contributed by atoms with Crippen LogP contribution in [0.25, 0.3) is 0 Å². The van der Waals surface area contributed by atoms with Crippen LogP contribution in [0, 0.1) is 0 Å². The Kier molecular flexibility index (Phi) is 5.94. The van der Waals surface area contributed by atoms with Gasteiger partial charge in [0.2, 0.25) is 0 Å². The van der Waals surface area contributed by atoms with Gasteiger partial charge in [0, 0.05) is 6.54 Å². The van der Waals surface area contributed by atoms with Gasteiger partial charge in [-0.2, -0.15) is 24.9 Å². The molecule has 1 amide bonds. The third-order valence-corrected chi connectivity index (χ3v) is 2.02. The molecule has 0 aromatic heterocycles. The van der Waals surface area contributed by atoms with Gasteiger partial charge in [-0.1, -0.05) is 0 Å². The highest BCUT2D eigenvalue weighted by atomic mass is 32.2. The van der Waals surface area contributed by atoms with Crippen molar-refractivity contribution < 1.29 is 18.0 Å². The number of hydrogen-bond donors (Lipinski definition) is 1. The highest BCUT2D eigenvalue weighted by Crippen LogP contribution is 2.13. The molecule has 2 nitrogen and oxygen atoms in total. The van der Waals surface area contributed by atoms with E-state index >= 15 is 0 Å². The summed E-state index contributed by atoms with van der Waals surface area (Å²) in [6.07, 6.45) is -1.42. The van der Waals surface area contributed by atoms with E-state index in [9.17, 15) is 18.0 Å². The van der Waals surface area contributed by atoms with Crippen molar-refractivity contribution in [1.29, 1.82) is 0 Å². The van der Waals surface area contributed by atoms with Crippen LogP contribution in [0.3, 0.4) is 0 Å². The predicted molar refractivity (Wildman–Crippen MR) is 46.7 cm³/mol. The number of unbranched alkanes of at least 4 members (excludes halogenated alkanes) is 1. The van der Waals surface area contributed by atoms with Crippen LogP contribution in [0.15, 0.2) is 0 Å². The van der Waals surface area contributed by atoms with Gasteiger partial charge in [0.15, 0.2) is 0 Å². The third kappa shape index (κ3) is 6.74. The first-order valence-corrected chi connectivity index (χ1v) is 5.22. The minimum atomic E-state index is -4.75. The zero-order chi connectivity index (χ0) is 10.3. The van der Waals surface area contributed by atoms with Gasteiger partial charge in [-0.25, -0.2) is 0 Å². The summed E-state index contributed by atoms with van der Waals surface area (Å²) in [4.78, 5) is 10.3. The number of nitrogens with one attached hydrogen (secondary N) is 1. The molecule has 0 aliphatic rings. The Labute approximate surface area is 79.3 Å². The topological polar surface area (TPSA) is 29.1 Å². The molecule has 0 aromatic rings. The van der Waals surface area contributed by atoms with Gasteiger partial charge in [-0.3, -0.25) is 4.79 Å². The molecular weight excluding hydrogens is 203 g/mol. The molecule has 78 valence electrons. The minimum Gasteiger partial charge on any atom is -0.348 e. The molecule has 0 aliphatic carbocycles. The minimum absolute atomic E-state index is 0.0961. The molecule has 0 aromatic carbocycles. The lowest BCUT2D eigenvalue weighted by atomic mass is 10.3. The summed E-state index contributed by atoms with van der Waals surface area (Å²) in [6, 6.07) is 0. The lowest BCUT2D eigenvalue weighted by molar-refractivity contribution is -0.173. The molecule has 0 saturated carbocycles. The molecule has 1 N–H and O–H groups in total. The monoisotopic (exact) mass is 215 g/mol. The molecular formula is C7H12F3NOS. The molecule has 0 heterocycles. The second-order valence-electron chi connectivity index (χ2n) is 2.45. The van der Waals surface area contributed by atoms with E-state index in [4.69, 9.17) is 0 Å². The number of halogens is 3. The maximum Gasteiger partial charge on any atom is 0.471 e. The van der Waals surface area contributed by atoms with Crippen LogP contribution in [0.4, 0.5) is 13.2 Å². The van der Waals surface area contributed by atoms with Crippen LogP contribution in [0.5, 0.6) is 0 Å². The summed E-state index contributed by atoms with van der Waals surface area (Å²) in [5.74, 6) is -0.946. The standard InChI is InChI=1S/C7H12F3NOS/c1-13-5-3-2-4-11-6(12)7(8,9)10/h2-5H2,1H3,(H,11,12). The number of carbonyl (C=O) groups is 1. The van der Waals surface area contributed by atoms with Gasteiger partial charge >= 0.3 is 12.1 Å². The van der Waals surface area contributed by atoms with Crippen molar-refractivity contribution in [2.45, 2.75) is 19.0 Å². The van der Waals surface area contributed by atoms with Crippen molar-refractivity contribution in [1.82, 2.24) is 5.32 Å². The zero-order valence-corrected chi connectivity index (χ0v) is 8.10.